The van der Waals surface area contributed by atoms with Gasteiger partial charge in [0.15, 0.2) is 11.6 Å². The highest BCUT2D eigenvalue weighted by Crippen LogP contribution is 2.19. The van der Waals surface area contributed by atoms with Crippen molar-refractivity contribution in [3.63, 3.8) is 0 Å². The molecule has 0 saturated carbocycles. The molecule has 2 aromatic heterocycles. The lowest BCUT2D eigenvalue weighted by molar-refractivity contribution is 0.768. The summed E-state index contributed by atoms with van der Waals surface area (Å²) >= 11 is 0. The minimum Gasteiger partial charge on any atom is -0.368 e. The number of hydrogen-bond acceptors (Lipinski definition) is 5. The first-order chi connectivity index (χ1) is 9.22. The Labute approximate surface area is 110 Å². The summed E-state index contributed by atoms with van der Waals surface area (Å²) in [6.45, 7) is 0. The van der Waals surface area contributed by atoms with Gasteiger partial charge in [0, 0.05) is 18.8 Å². The summed E-state index contributed by atoms with van der Waals surface area (Å²) in [6.07, 6.45) is 1.83. The van der Waals surface area contributed by atoms with Gasteiger partial charge in [0.05, 0.1) is 0 Å². The molecule has 6 heteroatoms. The van der Waals surface area contributed by atoms with Gasteiger partial charge >= 0.3 is 0 Å². The zero-order valence-corrected chi connectivity index (χ0v) is 10.4. The minimum atomic E-state index is 0.189. The minimum absolute atomic E-state index is 0.189. The van der Waals surface area contributed by atoms with E-state index in [0.29, 0.717) is 17.3 Å². The molecule has 2 N–H and O–H groups in total. The van der Waals surface area contributed by atoms with E-state index in [1.807, 2.05) is 49.6 Å². The van der Waals surface area contributed by atoms with Crippen molar-refractivity contribution in [1.29, 1.82) is 0 Å². The van der Waals surface area contributed by atoms with E-state index in [0.717, 1.165) is 5.56 Å². The summed E-state index contributed by atoms with van der Waals surface area (Å²) in [6, 6.07) is 11.5. The molecule has 3 aromatic rings. The first-order valence-electron chi connectivity index (χ1n) is 5.79. The van der Waals surface area contributed by atoms with Gasteiger partial charge in [0.25, 0.3) is 0 Å². The Morgan fingerprint density at radius 1 is 0.947 bits per heavy atom. The van der Waals surface area contributed by atoms with Crippen molar-refractivity contribution in [2.24, 2.45) is 7.05 Å². The van der Waals surface area contributed by atoms with Gasteiger partial charge in [-0.25, -0.2) is 4.98 Å². The number of rotatable bonds is 2. The number of anilines is 1. The Morgan fingerprint density at radius 3 is 2.37 bits per heavy atom. The molecule has 0 bridgehead atoms. The van der Waals surface area contributed by atoms with Gasteiger partial charge in [-0.15, -0.1) is 0 Å². The molecule has 0 radical (unpaired) electrons. The molecule has 0 fully saturated rings. The normalized spacial score (nSPS) is 10.6. The smallest absolute Gasteiger partial charge is 0.224 e. The average molecular weight is 252 g/mol. The van der Waals surface area contributed by atoms with Crippen LogP contribution in [0.2, 0.25) is 0 Å². The van der Waals surface area contributed by atoms with E-state index in [-0.39, 0.29) is 5.95 Å². The van der Waals surface area contributed by atoms with Crippen molar-refractivity contribution in [2.75, 3.05) is 5.73 Å². The Morgan fingerprint density at radius 2 is 1.68 bits per heavy atom. The lowest BCUT2D eigenvalue weighted by Gasteiger charge is -2.03. The molecule has 0 atom stereocenters. The summed E-state index contributed by atoms with van der Waals surface area (Å²) in [7, 11) is 1.84. The van der Waals surface area contributed by atoms with Crippen LogP contribution in [0.4, 0.5) is 5.95 Å². The Hall–Kier alpha value is -2.76. The van der Waals surface area contributed by atoms with Gasteiger partial charge in [-0.1, -0.05) is 30.3 Å². The fourth-order valence-electron chi connectivity index (χ4n) is 1.76. The van der Waals surface area contributed by atoms with Crippen LogP contribution in [0.1, 0.15) is 0 Å². The number of aryl methyl sites for hydroxylation is 1. The second-order valence-corrected chi connectivity index (χ2v) is 4.08. The SMILES string of the molecule is Cn1ccc(-c2nc(N)nc(-c3ccccc3)n2)n1. The largest absolute Gasteiger partial charge is 0.368 e. The summed E-state index contributed by atoms with van der Waals surface area (Å²) in [5.74, 6) is 1.22. The van der Waals surface area contributed by atoms with Crippen molar-refractivity contribution < 1.29 is 0 Å². The molecular formula is C13H12N6. The van der Waals surface area contributed by atoms with E-state index in [4.69, 9.17) is 5.73 Å². The van der Waals surface area contributed by atoms with Crippen molar-refractivity contribution in [3.8, 4) is 22.9 Å². The number of nitrogens with two attached hydrogens (primary N) is 1. The molecule has 0 aliphatic heterocycles. The van der Waals surface area contributed by atoms with E-state index in [1.165, 1.54) is 0 Å². The third-order valence-corrected chi connectivity index (χ3v) is 2.63. The molecule has 0 unspecified atom stereocenters. The molecular weight excluding hydrogens is 240 g/mol. The van der Waals surface area contributed by atoms with Crippen LogP contribution in [0.5, 0.6) is 0 Å². The van der Waals surface area contributed by atoms with Crippen LogP contribution >= 0.6 is 0 Å². The lowest BCUT2D eigenvalue weighted by Crippen LogP contribution is -2.02. The Bertz CT molecular complexity index is 704. The van der Waals surface area contributed by atoms with Crippen LogP contribution in [0, 0.1) is 0 Å². The third kappa shape index (κ3) is 2.28. The summed E-state index contributed by atoms with van der Waals surface area (Å²) in [5, 5.41) is 4.27. The van der Waals surface area contributed by atoms with Crippen molar-refractivity contribution in [3.05, 3.63) is 42.6 Å². The van der Waals surface area contributed by atoms with Gasteiger partial charge in [0.2, 0.25) is 5.95 Å². The molecule has 19 heavy (non-hydrogen) atoms. The zero-order valence-electron chi connectivity index (χ0n) is 10.4. The second kappa shape index (κ2) is 4.49. The summed E-state index contributed by atoms with van der Waals surface area (Å²) in [5.41, 5.74) is 7.32. The van der Waals surface area contributed by atoms with Gasteiger partial charge in [0.1, 0.15) is 5.69 Å². The highest BCUT2D eigenvalue weighted by molar-refractivity contribution is 5.60. The van der Waals surface area contributed by atoms with Crippen LogP contribution in [0.3, 0.4) is 0 Å². The molecule has 0 saturated heterocycles. The van der Waals surface area contributed by atoms with Crippen molar-refractivity contribution in [2.45, 2.75) is 0 Å². The number of benzene rings is 1. The topological polar surface area (TPSA) is 82.5 Å². The molecule has 3 rings (SSSR count). The zero-order chi connectivity index (χ0) is 13.2. The molecule has 6 nitrogen and oxygen atoms in total. The number of nitrogens with zero attached hydrogens (tertiary/aromatic N) is 5. The van der Waals surface area contributed by atoms with Crippen molar-refractivity contribution in [1.82, 2.24) is 24.7 Å². The van der Waals surface area contributed by atoms with Crippen LogP contribution in [0.25, 0.3) is 22.9 Å². The predicted octanol–water partition coefficient (Wildman–Crippen LogP) is 1.52. The quantitative estimate of drug-likeness (QED) is 0.747. The van der Waals surface area contributed by atoms with Crippen LogP contribution in [-0.4, -0.2) is 24.7 Å². The molecule has 0 spiro atoms. The van der Waals surface area contributed by atoms with Gasteiger partial charge in [-0.2, -0.15) is 15.1 Å². The number of aromatic nitrogens is 5. The summed E-state index contributed by atoms with van der Waals surface area (Å²) < 4.78 is 1.69. The van der Waals surface area contributed by atoms with Gasteiger partial charge < -0.3 is 5.73 Å². The first kappa shape index (κ1) is 11.3. The maximum absolute atomic E-state index is 5.74. The Balaban J connectivity index is 2.11. The first-order valence-corrected chi connectivity index (χ1v) is 5.79. The molecule has 0 aliphatic carbocycles. The fraction of sp³-hybridized carbons (Fsp3) is 0.0769. The monoisotopic (exact) mass is 252 g/mol. The third-order valence-electron chi connectivity index (χ3n) is 2.63. The number of hydrogen-bond donors (Lipinski definition) is 1. The standard InChI is InChI=1S/C13H12N6/c1-19-8-7-10(18-19)12-15-11(16-13(14)17-12)9-5-3-2-4-6-9/h2-8H,1H3,(H2,14,15,16,17). The van der Waals surface area contributed by atoms with E-state index in [1.54, 1.807) is 4.68 Å². The molecule has 0 amide bonds. The molecule has 1 aromatic carbocycles. The van der Waals surface area contributed by atoms with Gasteiger partial charge in [-0.05, 0) is 6.07 Å². The molecule has 2 heterocycles. The highest BCUT2D eigenvalue weighted by Gasteiger charge is 2.10. The van der Waals surface area contributed by atoms with E-state index >= 15 is 0 Å². The lowest BCUT2D eigenvalue weighted by atomic mass is 10.2. The summed E-state index contributed by atoms with van der Waals surface area (Å²) in [4.78, 5) is 12.7. The fourth-order valence-corrected chi connectivity index (χ4v) is 1.76. The van der Waals surface area contributed by atoms with E-state index in [2.05, 4.69) is 20.1 Å². The van der Waals surface area contributed by atoms with E-state index in [9.17, 15) is 0 Å². The highest BCUT2D eigenvalue weighted by atomic mass is 15.3. The van der Waals surface area contributed by atoms with Gasteiger partial charge in [-0.3, -0.25) is 4.68 Å². The maximum Gasteiger partial charge on any atom is 0.224 e. The van der Waals surface area contributed by atoms with Crippen LogP contribution < -0.4 is 5.73 Å². The Kier molecular flexibility index (Phi) is 2.68. The maximum atomic E-state index is 5.74. The van der Waals surface area contributed by atoms with E-state index < -0.39 is 0 Å². The van der Waals surface area contributed by atoms with Crippen molar-refractivity contribution >= 4 is 5.95 Å². The average Bonchev–Trinajstić information content (AvgIpc) is 2.86. The molecule has 0 aliphatic rings. The van der Waals surface area contributed by atoms with Crippen LogP contribution in [-0.2, 0) is 7.05 Å². The predicted molar refractivity (Wildman–Crippen MR) is 71.9 cm³/mol. The molecule has 94 valence electrons. The second-order valence-electron chi connectivity index (χ2n) is 4.08. The van der Waals surface area contributed by atoms with Crippen LogP contribution in [0.15, 0.2) is 42.6 Å². The number of nitrogen functional groups attached to an aromatic ring is 1.